The van der Waals surface area contributed by atoms with E-state index in [1.165, 1.54) is 11.3 Å². The molecule has 0 aromatic heterocycles. The first-order valence-electron chi connectivity index (χ1n) is 5.62. The van der Waals surface area contributed by atoms with Gasteiger partial charge < -0.3 is 5.11 Å². The summed E-state index contributed by atoms with van der Waals surface area (Å²) in [4.78, 5) is 1.22. The lowest BCUT2D eigenvalue weighted by Crippen LogP contribution is -2.28. The van der Waals surface area contributed by atoms with Gasteiger partial charge in [-0.3, -0.25) is 0 Å². The first-order valence-corrected chi connectivity index (χ1v) is 6.85. The van der Waals surface area contributed by atoms with Gasteiger partial charge in [-0.2, -0.15) is 0 Å². The van der Waals surface area contributed by atoms with Crippen LogP contribution in [0.3, 0.4) is 0 Å². The van der Waals surface area contributed by atoms with E-state index in [9.17, 15) is 5.11 Å². The van der Waals surface area contributed by atoms with Crippen LogP contribution in [0, 0.1) is 0 Å². The zero-order chi connectivity index (χ0) is 10.7. The Kier molecular flexibility index (Phi) is 3.37. The topological polar surface area (TPSA) is 20.2 Å². The molecular formula is C13H18OS. The van der Waals surface area contributed by atoms with E-state index in [0.717, 1.165) is 31.2 Å². The highest BCUT2D eigenvalue weighted by Crippen LogP contribution is 2.40. The number of hydrogen-bond donors (Lipinski definition) is 1. The van der Waals surface area contributed by atoms with Gasteiger partial charge in [-0.1, -0.05) is 37.5 Å². The molecule has 2 rings (SSSR count). The van der Waals surface area contributed by atoms with Crippen LogP contribution in [0.4, 0.5) is 0 Å². The van der Waals surface area contributed by atoms with Crippen molar-refractivity contribution >= 4 is 11.8 Å². The molecule has 1 aromatic rings. The van der Waals surface area contributed by atoms with Gasteiger partial charge in [-0.25, -0.2) is 0 Å². The number of aliphatic hydroxyl groups is 1. The third-order valence-electron chi connectivity index (χ3n) is 3.29. The Morgan fingerprint density at radius 3 is 2.47 bits per heavy atom. The lowest BCUT2D eigenvalue weighted by Gasteiger charge is -2.33. The fraction of sp³-hybridized carbons (Fsp3) is 0.538. The molecule has 1 aliphatic rings. The lowest BCUT2D eigenvalue weighted by molar-refractivity contribution is -0.00301. The quantitative estimate of drug-likeness (QED) is 0.772. The zero-order valence-corrected chi connectivity index (χ0v) is 10.0. The van der Waals surface area contributed by atoms with Crippen LogP contribution >= 0.6 is 11.8 Å². The normalized spacial score (nSPS) is 20.1. The summed E-state index contributed by atoms with van der Waals surface area (Å²) in [6.07, 6.45) is 7.49. The Bertz CT molecular complexity index is 329. The molecule has 0 atom stereocenters. The van der Waals surface area contributed by atoms with Crippen molar-refractivity contribution in [1.29, 1.82) is 0 Å². The highest BCUT2D eigenvalue weighted by atomic mass is 32.2. The van der Waals surface area contributed by atoms with Crippen LogP contribution in [0.5, 0.6) is 0 Å². The summed E-state index contributed by atoms with van der Waals surface area (Å²) >= 11 is 1.73. The Morgan fingerprint density at radius 2 is 1.80 bits per heavy atom. The van der Waals surface area contributed by atoms with Gasteiger partial charge in [0.05, 0.1) is 5.60 Å². The largest absolute Gasteiger partial charge is 0.385 e. The van der Waals surface area contributed by atoms with E-state index in [1.54, 1.807) is 11.8 Å². The first-order chi connectivity index (χ1) is 7.26. The number of benzene rings is 1. The summed E-state index contributed by atoms with van der Waals surface area (Å²) in [5, 5.41) is 10.6. The molecule has 0 unspecified atom stereocenters. The molecule has 0 saturated heterocycles. The van der Waals surface area contributed by atoms with Gasteiger partial charge in [0.15, 0.2) is 0 Å². The van der Waals surface area contributed by atoms with E-state index in [4.69, 9.17) is 0 Å². The SMILES string of the molecule is CSc1ccccc1C1(O)CCCCC1. The molecule has 1 aromatic carbocycles. The van der Waals surface area contributed by atoms with Crippen molar-refractivity contribution in [2.24, 2.45) is 0 Å². The third kappa shape index (κ3) is 2.21. The van der Waals surface area contributed by atoms with E-state index in [0.29, 0.717) is 0 Å². The predicted molar refractivity (Wildman–Crippen MR) is 65.2 cm³/mol. The average Bonchev–Trinajstić information content (AvgIpc) is 2.30. The van der Waals surface area contributed by atoms with Crippen molar-refractivity contribution in [3.63, 3.8) is 0 Å². The summed E-state index contributed by atoms with van der Waals surface area (Å²) in [5.41, 5.74) is 0.579. The maximum Gasteiger partial charge on any atom is 0.0907 e. The Labute approximate surface area is 95.9 Å². The molecule has 1 aliphatic carbocycles. The minimum Gasteiger partial charge on any atom is -0.385 e. The van der Waals surface area contributed by atoms with Gasteiger partial charge in [0.1, 0.15) is 0 Å². The second kappa shape index (κ2) is 4.58. The van der Waals surface area contributed by atoms with Crippen LogP contribution in [0.1, 0.15) is 37.7 Å². The maximum atomic E-state index is 10.6. The fourth-order valence-corrected chi connectivity index (χ4v) is 3.13. The molecule has 0 bridgehead atoms. The summed E-state index contributed by atoms with van der Waals surface area (Å²) in [7, 11) is 0. The predicted octanol–water partition coefficient (Wildman–Crippen LogP) is 3.56. The van der Waals surface area contributed by atoms with Crippen molar-refractivity contribution in [2.75, 3.05) is 6.26 Å². The van der Waals surface area contributed by atoms with E-state index in [1.807, 2.05) is 12.1 Å². The molecule has 1 N–H and O–H groups in total. The summed E-state index contributed by atoms with van der Waals surface area (Å²) in [6, 6.07) is 8.26. The minimum atomic E-state index is -0.558. The van der Waals surface area contributed by atoms with Gasteiger partial charge in [0.2, 0.25) is 0 Å². The molecule has 0 amide bonds. The first kappa shape index (κ1) is 11.0. The molecule has 1 fully saturated rings. The highest BCUT2D eigenvalue weighted by Gasteiger charge is 2.32. The van der Waals surface area contributed by atoms with Crippen molar-refractivity contribution < 1.29 is 5.11 Å². The Hall–Kier alpha value is -0.470. The average molecular weight is 222 g/mol. The lowest BCUT2D eigenvalue weighted by atomic mass is 9.80. The zero-order valence-electron chi connectivity index (χ0n) is 9.20. The number of hydrogen-bond acceptors (Lipinski definition) is 2. The van der Waals surface area contributed by atoms with Crippen molar-refractivity contribution in [2.45, 2.75) is 42.6 Å². The second-order valence-electron chi connectivity index (χ2n) is 4.29. The molecule has 0 aliphatic heterocycles. The molecule has 82 valence electrons. The second-order valence-corrected chi connectivity index (χ2v) is 5.14. The van der Waals surface area contributed by atoms with Crippen LogP contribution in [-0.2, 0) is 5.60 Å². The van der Waals surface area contributed by atoms with Crippen LogP contribution in [0.25, 0.3) is 0 Å². The highest BCUT2D eigenvalue weighted by molar-refractivity contribution is 7.98. The third-order valence-corrected chi connectivity index (χ3v) is 4.08. The van der Waals surface area contributed by atoms with Gasteiger partial charge in [-0.15, -0.1) is 11.8 Å². The molecule has 1 saturated carbocycles. The van der Waals surface area contributed by atoms with Crippen LogP contribution in [-0.4, -0.2) is 11.4 Å². The van der Waals surface area contributed by atoms with Crippen LogP contribution < -0.4 is 0 Å². The molecule has 0 heterocycles. The van der Waals surface area contributed by atoms with Gasteiger partial charge >= 0.3 is 0 Å². The molecule has 2 heteroatoms. The van der Waals surface area contributed by atoms with E-state index < -0.39 is 5.60 Å². The van der Waals surface area contributed by atoms with Crippen molar-refractivity contribution in [3.8, 4) is 0 Å². The molecule has 15 heavy (non-hydrogen) atoms. The maximum absolute atomic E-state index is 10.6. The van der Waals surface area contributed by atoms with E-state index in [2.05, 4.69) is 18.4 Å². The van der Waals surface area contributed by atoms with Crippen LogP contribution in [0.15, 0.2) is 29.2 Å². The Morgan fingerprint density at radius 1 is 1.13 bits per heavy atom. The van der Waals surface area contributed by atoms with Crippen molar-refractivity contribution in [3.05, 3.63) is 29.8 Å². The number of thioether (sulfide) groups is 1. The molecular weight excluding hydrogens is 204 g/mol. The van der Waals surface area contributed by atoms with Gasteiger partial charge in [-0.05, 0) is 30.7 Å². The minimum absolute atomic E-state index is 0.558. The fourth-order valence-electron chi connectivity index (χ4n) is 2.44. The molecule has 0 radical (unpaired) electrons. The van der Waals surface area contributed by atoms with Gasteiger partial charge in [0.25, 0.3) is 0 Å². The monoisotopic (exact) mass is 222 g/mol. The number of rotatable bonds is 2. The van der Waals surface area contributed by atoms with Gasteiger partial charge in [0, 0.05) is 4.90 Å². The standard InChI is InChI=1S/C13H18OS/c1-15-12-8-4-3-7-11(12)13(14)9-5-2-6-10-13/h3-4,7-8,14H,2,5-6,9-10H2,1H3. The molecule has 0 spiro atoms. The molecule has 1 nitrogen and oxygen atoms in total. The summed E-state index contributed by atoms with van der Waals surface area (Å²) in [6.45, 7) is 0. The van der Waals surface area contributed by atoms with E-state index in [-0.39, 0.29) is 0 Å². The van der Waals surface area contributed by atoms with E-state index >= 15 is 0 Å². The Balaban J connectivity index is 2.34. The summed E-state index contributed by atoms with van der Waals surface area (Å²) < 4.78 is 0. The van der Waals surface area contributed by atoms with Crippen molar-refractivity contribution in [1.82, 2.24) is 0 Å². The summed E-state index contributed by atoms with van der Waals surface area (Å²) in [5.74, 6) is 0. The van der Waals surface area contributed by atoms with Crippen LogP contribution in [0.2, 0.25) is 0 Å². The smallest absolute Gasteiger partial charge is 0.0907 e.